The summed E-state index contributed by atoms with van der Waals surface area (Å²) in [6, 6.07) is 1.84. The Bertz CT molecular complexity index is 315. The molecule has 0 saturated heterocycles. The first-order valence-corrected chi connectivity index (χ1v) is 5.22. The zero-order valence-electron chi connectivity index (χ0n) is 8.11. The van der Waals surface area contributed by atoms with Gasteiger partial charge in [0.05, 0.1) is 7.11 Å². The van der Waals surface area contributed by atoms with E-state index in [1.165, 1.54) is 19.2 Å². The molecule has 0 radical (unpaired) electrons. The van der Waals surface area contributed by atoms with Gasteiger partial charge < -0.3 is 4.74 Å². The molecule has 1 fully saturated rings. The normalized spacial score (nSPS) is 17.9. The van der Waals surface area contributed by atoms with Crippen LogP contribution < -0.4 is 4.74 Å². The molecule has 1 heterocycles. The number of alkyl halides is 1. The molecule has 0 amide bonds. The third kappa shape index (κ3) is 2.35. The van der Waals surface area contributed by atoms with Gasteiger partial charge in [0.2, 0.25) is 5.88 Å². The minimum atomic E-state index is 0.217. The molecule has 0 aromatic carbocycles. The number of nitrogens with zero attached hydrogens (tertiary/aromatic N) is 2. The lowest BCUT2D eigenvalue weighted by molar-refractivity contribution is 0.395. The van der Waals surface area contributed by atoms with Crippen LogP contribution in [-0.4, -0.2) is 22.5 Å². The molecule has 1 aliphatic rings. The number of hydrogen-bond acceptors (Lipinski definition) is 3. The Kier molecular flexibility index (Phi) is 2.87. The number of halogens is 1. The van der Waals surface area contributed by atoms with Gasteiger partial charge in [-0.15, -0.1) is 11.6 Å². The standard InChI is InChI=1S/C10H13ClN2O/c1-14-10-5-8(12-6-13-10)4-9(11)7-2-3-7/h5-7,9H,2-4H2,1H3. The van der Waals surface area contributed by atoms with Gasteiger partial charge in [-0.05, 0) is 18.8 Å². The maximum atomic E-state index is 6.21. The van der Waals surface area contributed by atoms with Crippen LogP contribution in [0.3, 0.4) is 0 Å². The summed E-state index contributed by atoms with van der Waals surface area (Å²) < 4.78 is 5.02. The third-order valence-electron chi connectivity index (χ3n) is 2.45. The highest BCUT2D eigenvalue weighted by molar-refractivity contribution is 6.21. The molecule has 3 nitrogen and oxygen atoms in total. The zero-order chi connectivity index (χ0) is 9.97. The van der Waals surface area contributed by atoms with E-state index in [1.54, 1.807) is 7.11 Å². The van der Waals surface area contributed by atoms with E-state index < -0.39 is 0 Å². The van der Waals surface area contributed by atoms with Crippen LogP contribution in [-0.2, 0) is 6.42 Å². The van der Waals surface area contributed by atoms with E-state index in [0.29, 0.717) is 11.8 Å². The van der Waals surface area contributed by atoms with Crippen molar-refractivity contribution in [2.24, 2.45) is 5.92 Å². The first-order valence-electron chi connectivity index (χ1n) is 4.78. The number of methoxy groups -OCH3 is 1. The average Bonchev–Trinajstić information content (AvgIpc) is 3.01. The van der Waals surface area contributed by atoms with Gasteiger partial charge in [-0.25, -0.2) is 9.97 Å². The summed E-state index contributed by atoms with van der Waals surface area (Å²) in [4.78, 5) is 8.11. The van der Waals surface area contributed by atoms with Crippen molar-refractivity contribution in [1.82, 2.24) is 9.97 Å². The summed E-state index contributed by atoms with van der Waals surface area (Å²) in [5, 5.41) is 0.217. The monoisotopic (exact) mass is 212 g/mol. The van der Waals surface area contributed by atoms with Gasteiger partial charge in [0.15, 0.2) is 0 Å². The molecule has 0 N–H and O–H groups in total. The summed E-state index contributed by atoms with van der Waals surface area (Å²) >= 11 is 6.21. The van der Waals surface area contributed by atoms with Crippen molar-refractivity contribution in [2.75, 3.05) is 7.11 Å². The predicted octanol–water partition coefficient (Wildman–Crippen LogP) is 2.05. The highest BCUT2D eigenvalue weighted by Gasteiger charge is 2.29. The summed E-state index contributed by atoms with van der Waals surface area (Å²) in [5.41, 5.74) is 0.962. The van der Waals surface area contributed by atoms with E-state index in [9.17, 15) is 0 Å². The second kappa shape index (κ2) is 4.13. The fourth-order valence-corrected chi connectivity index (χ4v) is 1.83. The summed E-state index contributed by atoms with van der Waals surface area (Å²) in [5.74, 6) is 1.30. The zero-order valence-corrected chi connectivity index (χ0v) is 8.87. The average molecular weight is 213 g/mol. The van der Waals surface area contributed by atoms with Gasteiger partial charge >= 0.3 is 0 Å². The van der Waals surface area contributed by atoms with Crippen molar-refractivity contribution in [1.29, 1.82) is 0 Å². The molecule has 14 heavy (non-hydrogen) atoms. The predicted molar refractivity (Wildman–Crippen MR) is 54.7 cm³/mol. The van der Waals surface area contributed by atoms with Crippen LogP contribution in [0.5, 0.6) is 5.88 Å². The fourth-order valence-electron chi connectivity index (χ4n) is 1.42. The van der Waals surface area contributed by atoms with Crippen molar-refractivity contribution in [2.45, 2.75) is 24.6 Å². The van der Waals surface area contributed by atoms with E-state index in [-0.39, 0.29) is 5.38 Å². The largest absolute Gasteiger partial charge is 0.481 e. The first kappa shape index (κ1) is 9.71. The van der Waals surface area contributed by atoms with Gasteiger partial charge in [0.1, 0.15) is 6.33 Å². The molecule has 0 spiro atoms. The van der Waals surface area contributed by atoms with E-state index in [1.807, 2.05) is 6.07 Å². The lowest BCUT2D eigenvalue weighted by atomic mass is 10.1. The van der Waals surface area contributed by atoms with Gasteiger partial charge in [-0.1, -0.05) is 0 Å². The molecular formula is C10H13ClN2O. The van der Waals surface area contributed by atoms with E-state index in [4.69, 9.17) is 16.3 Å². The highest BCUT2D eigenvalue weighted by Crippen LogP contribution is 2.37. The molecule has 1 aromatic rings. The van der Waals surface area contributed by atoms with Gasteiger partial charge in [-0.3, -0.25) is 0 Å². The van der Waals surface area contributed by atoms with Crippen molar-refractivity contribution in [3.05, 3.63) is 18.1 Å². The Balaban J connectivity index is 2.00. The van der Waals surface area contributed by atoms with E-state index >= 15 is 0 Å². The fraction of sp³-hybridized carbons (Fsp3) is 0.600. The number of rotatable bonds is 4. The van der Waals surface area contributed by atoms with Crippen molar-refractivity contribution < 1.29 is 4.74 Å². The highest BCUT2D eigenvalue weighted by atomic mass is 35.5. The smallest absolute Gasteiger partial charge is 0.216 e. The Hall–Kier alpha value is -0.830. The van der Waals surface area contributed by atoms with Gasteiger partial charge in [-0.2, -0.15) is 0 Å². The van der Waals surface area contributed by atoms with Crippen LogP contribution in [0.4, 0.5) is 0 Å². The SMILES string of the molecule is COc1cc(CC(Cl)C2CC2)ncn1. The first-order chi connectivity index (χ1) is 6.79. The lowest BCUT2D eigenvalue weighted by Crippen LogP contribution is -2.07. The molecule has 1 unspecified atom stereocenters. The van der Waals surface area contributed by atoms with Crippen LogP contribution in [0.15, 0.2) is 12.4 Å². The lowest BCUT2D eigenvalue weighted by Gasteiger charge is -2.07. The maximum absolute atomic E-state index is 6.21. The van der Waals surface area contributed by atoms with Crippen LogP contribution in [0.25, 0.3) is 0 Å². The van der Waals surface area contributed by atoms with Crippen LogP contribution in [0, 0.1) is 5.92 Å². The molecule has 1 aliphatic carbocycles. The van der Waals surface area contributed by atoms with Gasteiger partial charge in [0, 0.05) is 23.6 Å². The van der Waals surface area contributed by atoms with Crippen molar-refractivity contribution in [3.63, 3.8) is 0 Å². The second-order valence-electron chi connectivity index (χ2n) is 3.61. The topological polar surface area (TPSA) is 35.0 Å². The Labute approximate surface area is 88.5 Å². The Morgan fingerprint density at radius 1 is 1.57 bits per heavy atom. The molecule has 0 aliphatic heterocycles. The van der Waals surface area contributed by atoms with Crippen LogP contribution in [0.1, 0.15) is 18.5 Å². The molecular weight excluding hydrogens is 200 g/mol. The second-order valence-corrected chi connectivity index (χ2v) is 4.17. The molecule has 76 valence electrons. The van der Waals surface area contributed by atoms with Crippen molar-refractivity contribution >= 4 is 11.6 Å². The molecule has 4 heteroatoms. The summed E-state index contributed by atoms with van der Waals surface area (Å²) in [7, 11) is 1.60. The Morgan fingerprint density at radius 2 is 2.36 bits per heavy atom. The summed E-state index contributed by atoms with van der Waals surface area (Å²) in [6.45, 7) is 0. The van der Waals surface area contributed by atoms with E-state index in [0.717, 1.165) is 12.1 Å². The third-order valence-corrected chi connectivity index (χ3v) is 2.96. The quantitative estimate of drug-likeness (QED) is 0.717. The van der Waals surface area contributed by atoms with Gasteiger partial charge in [0.25, 0.3) is 0 Å². The molecule has 1 saturated carbocycles. The number of ether oxygens (including phenoxy) is 1. The van der Waals surface area contributed by atoms with E-state index in [2.05, 4.69) is 9.97 Å². The number of aromatic nitrogens is 2. The number of hydrogen-bond donors (Lipinski definition) is 0. The Morgan fingerprint density at radius 3 is 3.00 bits per heavy atom. The minimum Gasteiger partial charge on any atom is -0.481 e. The van der Waals surface area contributed by atoms with Crippen LogP contribution >= 0.6 is 11.6 Å². The molecule has 2 rings (SSSR count). The minimum absolute atomic E-state index is 0.217. The maximum Gasteiger partial charge on any atom is 0.216 e. The molecule has 1 aromatic heterocycles. The molecule has 0 bridgehead atoms. The van der Waals surface area contributed by atoms with Crippen LogP contribution in [0.2, 0.25) is 0 Å². The van der Waals surface area contributed by atoms with Crippen molar-refractivity contribution in [3.8, 4) is 5.88 Å². The summed E-state index contributed by atoms with van der Waals surface area (Å²) in [6.07, 6.45) is 4.85. The molecule has 1 atom stereocenters.